The van der Waals surface area contributed by atoms with Crippen molar-refractivity contribution in [3.05, 3.63) is 35.4 Å². The molecule has 88 valence electrons. The van der Waals surface area contributed by atoms with E-state index in [0.717, 1.165) is 5.56 Å². The van der Waals surface area contributed by atoms with Gasteiger partial charge in [0.2, 0.25) is 5.91 Å². The van der Waals surface area contributed by atoms with E-state index in [1.54, 1.807) is 18.2 Å². The molecule has 0 aliphatic rings. The zero-order valence-electron chi connectivity index (χ0n) is 9.06. The first-order chi connectivity index (χ1) is 8.11. The van der Waals surface area contributed by atoms with Crippen molar-refractivity contribution in [2.45, 2.75) is 6.54 Å². The van der Waals surface area contributed by atoms with E-state index in [9.17, 15) is 9.59 Å². The second-order valence-electron chi connectivity index (χ2n) is 3.33. The quantitative estimate of drug-likeness (QED) is 0.670. The Morgan fingerprint density at radius 3 is 2.82 bits per heavy atom. The molecule has 0 bridgehead atoms. The molecule has 6 heteroatoms. The first-order valence-electron chi connectivity index (χ1n) is 4.91. The van der Waals surface area contributed by atoms with Gasteiger partial charge in [0, 0.05) is 6.54 Å². The molecule has 0 aliphatic carbocycles. The van der Waals surface area contributed by atoms with Gasteiger partial charge in [-0.05, 0) is 17.7 Å². The third-order valence-corrected chi connectivity index (χ3v) is 1.93. The molecule has 0 aliphatic heterocycles. The molecule has 0 atom stereocenters. The number of hydrogen-bond donors (Lipinski definition) is 3. The Morgan fingerprint density at radius 1 is 1.41 bits per heavy atom. The van der Waals surface area contributed by atoms with Crippen LogP contribution in [0, 0.1) is 11.3 Å². The number of carbonyl (C=O) groups is 2. The second kappa shape index (κ2) is 6.25. The fourth-order valence-electron chi connectivity index (χ4n) is 1.25. The predicted molar refractivity (Wildman–Crippen MR) is 60.6 cm³/mol. The van der Waals surface area contributed by atoms with Crippen molar-refractivity contribution >= 4 is 11.9 Å². The molecule has 0 fully saturated rings. The fourth-order valence-corrected chi connectivity index (χ4v) is 1.25. The third-order valence-electron chi connectivity index (χ3n) is 1.93. The van der Waals surface area contributed by atoms with Crippen molar-refractivity contribution in [3.8, 4) is 6.07 Å². The van der Waals surface area contributed by atoms with E-state index < -0.39 is 11.9 Å². The molecule has 1 aromatic rings. The molecular weight excluding hydrogens is 220 g/mol. The summed E-state index contributed by atoms with van der Waals surface area (Å²) in [6.45, 7) is 0.418. The largest absolute Gasteiger partial charge is 0.351 e. The van der Waals surface area contributed by atoms with Gasteiger partial charge in [0.1, 0.15) is 0 Å². The van der Waals surface area contributed by atoms with Gasteiger partial charge in [-0.2, -0.15) is 5.26 Å². The number of nitrogens with one attached hydrogen (secondary N) is 2. The molecule has 0 heterocycles. The molecule has 3 amide bonds. The number of benzene rings is 1. The zero-order valence-corrected chi connectivity index (χ0v) is 9.06. The topological polar surface area (TPSA) is 108 Å². The smallest absolute Gasteiger partial charge is 0.318 e. The maximum absolute atomic E-state index is 11.0. The van der Waals surface area contributed by atoms with Crippen LogP contribution >= 0.6 is 0 Å². The van der Waals surface area contributed by atoms with Gasteiger partial charge in [0.05, 0.1) is 18.2 Å². The molecule has 0 radical (unpaired) electrons. The van der Waals surface area contributed by atoms with Crippen LogP contribution < -0.4 is 16.4 Å². The highest BCUT2D eigenvalue weighted by Gasteiger charge is 2.03. The van der Waals surface area contributed by atoms with Crippen LogP contribution in [0.15, 0.2) is 24.3 Å². The molecule has 0 spiro atoms. The summed E-state index contributed by atoms with van der Waals surface area (Å²) in [5.74, 6) is -0.492. The molecule has 0 saturated carbocycles. The van der Waals surface area contributed by atoms with Gasteiger partial charge in [-0.3, -0.25) is 10.1 Å². The fraction of sp³-hybridized carbons (Fsp3) is 0.182. The summed E-state index contributed by atoms with van der Waals surface area (Å²) < 4.78 is 0. The molecule has 1 rings (SSSR count). The van der Waals surface area contributed by atoms with Gasteiger partial charge < -0.3 is 11.1 Å². The minimum Gasteiger partial charge on any atom is -0.351 e. The van der Waals surface area contributed by atoms with E-state index in [2.05, 4.69) is 5.32 Å². The van der Waals surface area contributed by atoms with E-state index in [1.165, 1.54) is 0 Å². The van der Waals surface area contributed by atoms with E-state index in [0.29, 0.717) is 12.1 Å². The molecule has 4 N–H and O–H groups in total. The van der Waals surface area contributed by atoms with Gasteiger partial charge in [0.15, 0.2) is 0 Å². The first kappa shape index (κ1) is 12.7. The Morgan fingerprint density at radius 2 is 2.18 bits per heavy atom. The van der Waals surface area contributed by atoms with Crippen molar-refractivity contribution in [1.82, 2.24) is 10.6 Å². The Balaban J connectivity index is 2.38. The SMILES string of the molecule is N#Cc1cccc(CNCC(=O)NC(N)=O)c1. The van der Waals surface area contributed by atoms with Crippen molar-refractivity contribution in [2.24, 2.45) is 5.73 Å². The van der Waals surface area contributed by atoms with Crippen LogP contribution in [-0.4, -0.2) is 18.5 Å². The molecule has 0 aromatic heterocycles. The number of imide groups is 1. The lowest BCUT2D eigenvalue weighted by Gasteiger charge is -2.04. The molecule has 1 aromatic carbocycles. The van der Waals surface area contributed by atoms with Gasteiger partial charge >= 0.3 is 6.03 Å². The summed E-state index contributed by atoms with van der Waals surface area (Å²) in [7, 11) is 0. The van der Waals surface area contributed by atoms with Crippen LogP contribution in [0.5, 0.6) is 0 Å². The van der Waals surface area contributed by atoms with E-state index in [-0.39, 0.29) is 6.54 Å². The lowest BCUT2D eigenvalue weighted by molar-refractivity contribution is -0.119. The van der Waals surface area contributed by atoms with Crippen LogP contribution in [0.4, 0.5) is 4.79 Å². The van der Waals surface area contributed by atoms with Crippen molar-refractivity contribution in [1.29, 1.82) is 5.26 Å². The zero-order chi connectivity index (χ0) is 12.7. The normalized spacial score (nSPS) is 9.35. The highest BCUT2D eigenvalue weighted by molar-refractivity contribution is 5.94. The number of primary amides is 1. The van der Waals surface area contributed by atoms with Gasteiger partial charge in [0.25, 0.3) is 0 Å². The number of nitrogens with zero attached hydrogens (tertiary/aromatic N) is 1. The minimum atomic E-state index is -0.872. The van der Waals surface area contributed by atoms with Crippen molar-refractivity contribution in [3.63, 3.8) is 0 Å². The average molecular weight is 232 g/mol. The van der Waals surface area contributed by atoms with Crippen LogP contribution in [0.25, 0.3) is 0 Å². The Bertz CT molecular complexity index is 465. The number of nitrogens with two attached hydrogens (primary N) is 1. The van der Waals surface area contributed by atoms with E-state index >= 15 is 0 Å². The van der Waals surface area contributed by atoms with E-state index in [1.807, 2.05) is 17.5 Å². The Hall–Kier alpha value is -2.39. The number of rotatable bonds is 4. The van der Waals surface area contributed by atoms with Crippen molar-refractivity contribution in [2.75, 3.05) is 6.54 Å². The minimum absolute atomic E-state index is 0.0142. The molecular formula is C11H12N4O2. The summed E-state index contributed by atoms with van der Waals surface area (Å²) in [6.07, 6.45) is 0. The van der Waals surface area contributed by atoms with Crippen molar-refractivity contribution < 1.29 is 9.59 Å². The van der Waals surface area contributed by atoms with Gasteiger partial charge in [-0.1, -0.05) is 12.1 Å². The summed E-state index contributed by atoms with van der Waals surface area (Å²) in [5, 5.41) is 13.5. The van der Waals surface area contributed by atoms with Gasteiger partial charge in [-0.25, -0.2) is 4.79 Å². The molecule has 17 heavy (non-hydrogen) atoms. The Labute approximate surface area is 98.4 Å². The maximum Gasteiger partial charge on any atom is 0.318 e. The third kappa shape index (κ3) is 4.77. The molecule has 0 unspecified atom stereocenters. The van der Waals surface area contributed by atoms with Crippen LogP contribution in [0.2, 0.25) is 0 Å². The van der Waals surface area contributed by atoms with E-state index in [4.69, 9.17) is 11.0 Å². The van der Waals surface area contributed by atoms with Crippen LogP contribution in [0.1, 0.15) is 11.1 Å². The highest BCUT2D eigenvalue weighted by Crippen LogP contribution is 2.03. The first-order valence-corrected chi connectivity index (χ1v) is 4.91. The number of urea groups is 1. The number of nitriles is 1. The lowest BCUT2D eigenvalue weighted by atomic mass is 10.1. The predicted octanol–water partition coefficient (Wildman–Crippen LogP) is -0.157. The maximum atomic E-state index is 11.0. The summed E-state index contributed by atoms with van der Waals surface area (Å²) in [5.41, 5.74) is 6.23. The number of hydrogen-bond acceptors (Lipinski definition) is 4. The van der Waals surface area contributed by atoms with Crippen LogP contribution in [-0.2, 0) is 11.3 Å². The highest BCUT2D eigenvalue weighted by atomic mass is 16.2. The standard InChI is InChI=1S/C11H12N4O2/c12-5-8-2-1-3-9(4-8)6-14-7-10(16)15-11(13)17/h1-4,14H,6-7H2,(H3,13,15,16,17). The van der Waals surface area contributed by atoms with Crippen LogP contribution in [0.3, 0.4) is 0 Å². The Kier molecular flexibility index (Phi) is 4.66. The monoisotopic (exact) mass is 232 g/mol. The summed E-state index contributed by atoms with van der Waals surface area (Å²) in [6, 6.07) is 8.17. The average Bonchev–Trinajstić information content (AvgIpc) is 2.28. The summed E-state index contributed by atoms with van der Waals surface area (Å²) >= 11 is 0. The molecule has 0 saturated heterocycles. The summed E-state index contributed by atoms with van der Waals surface area (Å²) in [4.78, 5) is 21.4. The second-order valence-corrected chi connectivity index (χ2v) is 3.33. The number of amides is 3. The number of carbonyl (C=O) groups excluding carboxylic acids is 2. The lowest BCUT2D eigenvalue weighted by Crippen LogP contribution is -2.40. The van der Waals surface area contributed by atoms with Gasteiger partial charge in [-0.15, -0.1) is 0 Å². The molecule has 6 nitrogen and oxygen atoms in total.